The lowest BCUT2D eigenvalue weighted by Crippen LogP contribution is -2.41. The predicted octanol–water partition coefficient (Wildman–Crippen LogP) is 5.67. The summed E-state index contributed by atoms with van der Waals surface area (Å²) in [6.07, 6.45) is 4.01. The molecular weight excluding hydrogens is 422 g/mol. The standard InChI is InChI=1S/C25H33N3O3S/c1-5-16(4)12-21(25(30)31)27-24(29)18-8-9-22-20(14-18)26-23(13-17-10-11-32-15-17)28(22)19(6-2)7-3/h8-11,14-16,19,21H,5-7,12-13H2,1-4H3,(H,27,29)(H,30,31). The molecule has 0 bridgehead atoms. The third-order valence-electron chi connectivity index (χ3n) is 6.21. The minimum Gasteiger partial charge on any atom is -0.480 e. The monoisotopic (exact) mass is 455 g/mol. The fourth-order valence-corrected chi connectivity index (χ4v) is 4.75. The van der Waals surface area contributed by atoms with Crippen molar-refractivity contribution in [3.05, 3.63) is 52.0 Å². The van der Waals surface area contributed by atoms with Gasteiger partial charge in [-0.1, -0.05) is 34.1 Å². The van der Waals surface area contributed by atoms with Gasteiger partial charge in [-0.3, -0.25) is 4.79 Å². The van der Waals surface area contributed by atoms with Crippen molar-refractivity contribution in [1.29, 1.82) is 0 Å². The number of nitrogens with zero attached hydrogens (tertiary/aromatic N) is 2. The molecule has 0 aliphatic heterocycles. The summed E-state index contributed by atoms with van der Waals surface area (Å²) < 4.78 is 2.30. The second kappa shape index (κ2) is 10.8. The molecule has 0 aliphatic rings. The Morgan fingerprint density at radius 2 is 1.91 bits per heavy atom. The predicted molar refractivity (Wildman–Crippen MR) is 129 cm³/mol. The molecule has 0 radical (unpaired) electrons. The second-order valence-electron chi connectivity index (χ2n) is 8.49. The Morgan fingerprint density at radius 1 is 1.16 bits per heavy atom. The molecule has 3 aromatic rings. The molecule has 2 atom stereocenters. The van der Waals surface area contributed by atoms with Crippen LogP contribution in [0.25, 0.3) is 11.0 Å². The van der Waals surface area contributed by atoms with Crippen LogP contribution in [-0.2, 0) is 11.2 Å². The van der Waals surface area contributed by atoms with E-state index >= 15 is 0 Å². The van der Waals surface area contributed by atoms with Crippen LogP contribution >= 0.6 is 11.3 Å². The molecule has 2 unspecified atom stereocenters. The van der Waals surface area contributed by atoms with Crippen molar-refractivity contribution in [3.63, 3.8) is 0 Å². The van der Waals surface area contributed by atoms with Gasteiger partial charge in [-0.2, -0.15) is 11.3 Å². The van der Waals surface area contributed by atoms with Crippen molar-refractivity contribution in [2.75, 3.05) is 0 Å². The zero-order valence-electron chi connectivity index (χ0n) is 19.3. The maximum Gasteiger partial charge on any atom is 0.326 e. The Morgan fingerprint density at radius 3 is 2.50 bits per heavy atom. The van der Waals surface area contributed by atoms with Crippen molar-refractivity contribution in [2.45, 2.75) is 71.9 Å². The fourth-order valence-electron chi connectivity index (χ4n) is 4.08. The molecule has 0 aliphatic carbocycles. The normalized spacial score (nSPS) is 13.4. The molecule has 1 aromatic carbocycles. The summed E-state index contributed by atoms with van der Waals surface area (Å²) in [7, 11) is 0. The average Bonchev–Trinajstić information content (AvgIpc) is 3.41. The topological polar surface area (TPSA) is 84.2 Å². The third-order valence-corrected chi connectivity index (χ3v) is 6.95. The van der Waals surface area contributed by atoms with Crippen molar-refractivity contribution in [3.8, 4) is 0 Å². The molecule has 2 N–H and O–H groups in total. The average molecular weight is 456 g/mol. The van der Waals surface area contributed by atoms with Gasteiger partial charge in [0.25, 0.3) is 5.91 Å². The van der Waals surface area contributed by atoms with Crippen molar-refractivity contribution in [1.82, 2.24) is 14.9 Å². The van der Waals surface area contributed by atoms with Crippen LogP contribution in [0.15, 0.2) is 35.0 Å². The van der Waals surface area contributed by atoms with E-state index in [0.717, 1.165) is 42.5 Å². The zero-order chi connectivity index (χ0) is 23.3. The van der Waals surface area contributed by atoms with Gasteiger partial charge in [-0.15, -0.1) is 0 Å². The van der Waals surface area contributed by atoms with E-state index < -0.39 is 12.0 Å². The number of carbonyl (C=O) groups is 2. The van der Waals surface area contributed by atoms with Crippen LogP contribution in [0.5, 0.6) is 0 Å². The summed E-state index contributed by atoms with van der Waals surface area (Å²) in [6.45, 7) is 8.37. The number of benzene rings is 1. The summed E-state index contributed by atoms with van der Waals surface area (Å²) >= 11 is 1.67. The highest BCUT2D eigenvalue weighted by Crippen LogP contribution is 2.28. The maximum atomic E-state index is 12.9. The van der Waals surface area contributed by atoms with Crippen LogP contribution < -0.4 is 5.32 Å². The molecule has 2 aromatic heterocycles. The van der Waals surface area contributed by atoms with Gasteiger partial charge in [0.2, 0.25) is 0 Å². The van der Waals surface area contributed by atoms with Gasteiger partial charge in [0.1, 0.15) is 11.9 Å². The highest BCUT2D eigenvalue weighted by Gasteiger charge is 2.24. The zero-order valence-corrected chi connectivity index (χ0v) is 20.1. The van der Waals surface area contributed by atoms with Crippen LogP contribution in [0.1, 0.15) is 81.2 Å². The number of nitrogens with one attached hydrogen (secondary N) is 1. The van der Waals surface area contributed by atoms with Crippen LogP contribution in [0.3, 0.4) is 0 Å². The first-order valence-electron chi connectivity index (χ1n) is 11.4. The Hall–Kier alpha value is -2.67. The van der Waals surface area contributed by atoms with Gasteiger partial charge >= 0.3 is 5.97 Å². The van der Waals surface area contributed by atoms with E-state index in [1.807, 2.05) is 19.9 Å². The number of aromatic nitrogens is 2. The SMILES string of the molecule is CCC(C)CC(NC(=O)c1ccc2c(c1)nc(Cc1ccsc1)n2C(CC)CC)C(=O)O. The van der Waals surface area contributed by atoms with E-state index in [9.17, 15) is 14.7 Å². The van der Waals surface area contributed by atoms with Gasteiger partial charge in [-0.25, -0.2) is 9.78 Å². The lowest BCUT2D eigenvalue weighted by Gasteiger charge is -2.19. The minimum absolute atomic E-state index is 0.217. The number of carboxylic acid groups (broad SMARTS) is 1. The molecular formula is C25H33N3O3S. The Bertz CT molecular complexity index is 1050. The van der Waals surface area contributed by atoms with Crippen LogP contribution in [0.4, 0.5) is 0 Å². The van der Waals surface area contributed by atoms with E-state index in [-0.39, 0.29) is 11.8 Å². The van der Waals surface area contributed by atoms with Gasteiger partial charge in [0.15, 0.2) is 0 Å². The lowest BCUT2D eigenvalue weighted by atomic mass is 9.99. The number of imidazole rings is 1. The highest BCUT2D eigenvalue weighted by molar-refractivity contribution is 7.07. The van der Waals surface area contributed by atoms with Crippen molar-refractivity contribution >= 4 is 34.2 Å². The van der Waals surface area contributed by atoms with Crippen molar-refractivity contribution in [2.24, 2.45) is 5.92 Å². The number of rotatable bonds is 11. The number of aliphatic carboxylic acids is 1. The van der Waals surface area contributed by atoms with Gasteiger partial charge in [0, 0.05) is 18.0 Å². The summed E-state index contributed by atoms with van der Waals surface area (Å²) in [5, 5.41) is 16.4. The van der Waals surface area contributed by atoms with E-state index in [0.29, 0.717) is 18.0 Å². The van der Waals surface area contributed by atoms with Crippen molar-refractivity contribution < 1.29 is 14.7 Å². The van der Waals surface area contributed by atoms with Gasteiger partial charge < -0.3 is 15.0 Å². The first-order valence-corrected chi connectivity index (χ1v) is 12.4. The molecule has 1 amide bonds. The fraction of sp³-hybridized carbons (Fsp3) is 0.480. The van der Waals surface area contributed by atoms with E-state index in [4.69, 9.17) is 4.98 Å². The number of thiophene rings is 1. The first-order chi connectivity index (χ1) is 15.4. The molecule has 172 valence electrons. The maximum absolute atomic E-state index is 12.9. The van der Waals surface area contributed by atoms with E-state index in [1.165, 1.54) is 5.56 Å². The quantitative estimate of drug-likeness (QED) is 0.390. The number of hydrogen-bond donors (Lipinski definition) is 2. The molecule has 3 rings (SSSR count). The summed E-state index contributed by atoms with van der Waals surface area (Å²) in [4.78, 5) is 29.4. The number of hydrogen-bond acceptors (Lipinski definition) is 4. The summed E-state index contributed by atoms with van der Waals surface area (Å²) in [5.41, 5.74) is 3.44. The number of amides is 1. The molecule has 2 heterocycles. The smallest absolute Gasteiger partial charge is 0.326 e. The minimum atomic E-state index is -1.00. The van der Waals surface area contributed by atoms with Gasteiger partial charge in [0.05, 0.1) is 11.0 Å². The molecule has 0 saturated heterocycles. The lowest BCUT2D eigenvalue weighted by molar-refractivity contribution is -0.139. The van der Waals surface area contributed by atoms with Gasteiger partial charge in [-0.05, 0) is 65.8 Å². The second-order valence-corrected chi connectivity index (χ2v) is 9.27. The molecule has 6 nitrogen and oxygen atoms in total. The Labute approximate surface area is 193 Å². The summed E-state index contributed by atoms with van der Waals surface area (Å²) in [5.74, 6) is -0.172. The van der Waals surface area contributed by atoms with Crippen LogP contribution in [-0.4, -0.2) is 32.6 Å². The Balaban J connectivity index is 1.93. The Kier molecular flexibility index (Phi) is 8.07. The number of carbonyl (C=O) groups excluding carboxylic acids is 1. The molecule has 7 heteroatoms. The molecule has 32 heavy (non-hydrogen) atoms. The van der Waals surface area contributed by atoms with Crippen LogP contribution in [0, 0.1) is 5.92 Å². The first kappa shape index (κ1) is 24.0. The largest absolute Gasteiger partial charge is 0.480 e. The molecule has 0 saturated carbocycles. The third kappa shape index (κ3) is 5.38. The van der Waals surface area contributed by atoms with E-state index in [1.54, 1.807) is 23.5 Å². The summed E-state index contributed by atoms with van der Waals surface area (Å²) in [6, 6.07) is 7.04. The molecule has 0 fully saturated rings. The number of fused-ring (bicyclic) bond motifs is 1. The molecule has 0 spiro atoms. The number of carboxylic acids is 1. The van der Waals surface area contributed by atoms with Crippen LogP contribution in [0.2, 0.25) is 0 Å². The highest BCUT2D eigenvalue weighted by atomic mass is 32.1. The van der Waals surface area contributed by atoms with E-state index in [2.05, 4.69) is 40.6 Å².